The van der Waals surface area contributed by atoms with Crippen molar-refractivity contribution in [2.75, 3.05) is 0 Å². The minimum atomic E-state index is -3.44. The van der Waals surface area contributed by atoms with Crippen LogP contribution in [0.4, 0.5) is 0 Å². The molecule has 2 bridgehead atoms. The smallest absolute Gasteiger partial charge is 0.243 e. The molecule has 20 heavy (non-hydrogen) atoms. The highest BCUT2D eigenvalue weighted by Crippen LogP contribution is 2.49. The zero-order chi connectivity index (χ0) is 14.3. The van der Waals surface area contributed by atoms with Gasteiger partial charge < -0.3 is 0 Å². The summed E-state index contributed by atoms with van der Waals surface area (Å²) < 4.78 is 29.2. The van der Waals surface area contributed by atoms with Gasteiger partial charge in [0.2, 0.25) is 10.0 Å². The van der Waals surface area contributed by atoms with E-state index < -0.39 is 10.0 Å². The predicted molar refractivity (Wildman–Crippen MR) is 76.6 cm³/mol. The molecular weight excluding hydrogens is 274 g/mol. The van der Waals surface area contributed by atoms with Gasteiger partial charge in [-0.05, 0) is 50.9 Å². The lowest BCUT2D eigenvalue weighted by Crippen LogP contribution is -2.39. The van der Waals surface area contributed by atoms with E-state index in [0.717, 1.165) is 11.8 Å². The zero-order valence-corrected chi connectivity index (χ0v) is 12.9. The number of hydrogen-bond donors (Lipinski definition) is 1. The summed E-state index contributed by atoms with van der Waals surface area (Å²) in [5, 5.41) is 4.04. The molecule has 1 N–H and O–H groups in total. The van der Waals surface area contributed by atoms with E-state index >= 15 is 0 Å². The molecule has 2 aliphatic rings. The van der Waals surface area contributed by atoms with Crippen LogP contribution in [0.2, 0.25) is 0 Å². The first-order valence-corrected chi connectivity index (χ1v) is 9.02. The summed E-state index contributed by atoms with van der Waals surface area (Å²) in [5.41, 5.74) is 0. The Morgan fingerprint density at radius 1 is 1.45 bits per heavy atom. The van der Waals surface area contributed by atoms with E-state index in [4.69, 9.17) is 0 Å². The molecule has 0 amide bonds. The highest BCUT2D eigenvalue weighted by atomic mass is 32.2. The van der Waals surface area contributed by atoms with Crippen molar-refractivity contribution in [1.82, 2.24) is 14.5 Å². The standard InChI is InChI=1S/C14H23N3O2S/c1-3-17-9-13(8-15-17)20(18,19)16-10(2)14-7-11-4-5-12(14)6-11/h8-12,14,16H,3-7H2,1-2H3/t10-,11-,12-,14-/m1/s1. The number of nitrogens with one attached hydrogen (secondary N) is 1. The predicted octanol–water partition coefficient (Wildman–Crippen LogP) is 2.01. The molecule has 1 aromatic rings. The van der Waals surface area contributed by atoms with Crippen LogP contribution < -0.4 is 4.72 Å². The highest BCUT2D eigenvalue weighted by Gasteiger charge is 2.42. The van der Waals surface area contributed by atoms with Crippen molar-refractivity contribution in [2.24, 2.45) is 17.8 Å². The second kappa shape index (κ2) is 5.15. The molecule has 2 fully saturated rings. The monoisotopic (exact) mass is 297 g/mol. The molecule has 0 radical (unpaired) electrons. The summed E-state index contributed by atoms with van der Waals surface area (Å²) in [6.45, 7) is 4.62. The maximum absolute atomic E-state index is 12.4. The van der Waals surface area contributed by atoms with Crippen LogP contribution >= 0.6 is 0 Å². The summed E-state index contributed by atoms with van der Waals surface area (Å²) in [6, 6.07) is 0.0141. The molecule has 6 heteroatoms. The number of sulfonamides is 1. The average molecular weight is 297 g/mol. The first-order valence-electron chi connectivity index (χ1n) is 7.54. The Hall–Kier alpha value is -0.880. The number of aromatic nitrogens is 2. The molecule has 2 aliphatic carbocycles. The fourth-order valence-corrected chi connectivity index (χ4v) is 5.21. The minimum absolute atomic E-state index is 0.0141. The quantitative estimate of drug-likeness (QED) is 0.904. The fraction of sp³-hybridized carbons (Fsp3) is 0.786. The molecule has 3 rings (SSSR count). The van der Waals surface area contributed by atoms with Crippen molar-refractivity contribution in [3.8, 4) is 0 Å². The van der Waals surface area contributed by atoms with E-state index in [1.165, 1.54) is 31.9 Å². The second-order valence-corrected chi connectivity index (χ2v) is 7.99. The molecule has 5 nitrogen and oxygen atoms in total. The van der Waals surface area contributed by atoms with Crippen molar-refractivity contribution in [1.29, 1.82) is 0 Å². The maximum Gasteiger partial charge on any atom is 0.243 e. The molecular formula is C14H23N3O2S. The van der Waals surface area contributed by atoms with Crippen molar-refractivity contribution < 1.29 is 8.42 Å². The SMILES string of the molecule is CCn1cc(S(=O)(=O)N[C@H](C)[C@H]2C[C@@H]3CC[C@@H]2C3)cn1. The molecule has 0 unspecified atom stereocenters. The average Bonchev–Trinajstić information content (AvgIpc) is 3.13. The molecule has 112 valence electrons. The van der Waals surface area contributed by atoms with Crippen molar-refractivity contribution in [2.45, 2.75) is 57.0 Å². The summed E-state index contributed by atoms with van der Waals surface area (Å²) >= 11 is 0. The lowest BCUT2D eigenvalue weighted by molar-refractivity contribution is 0.280. The molecule has 4 atom stereocenters. The van der Waals surface area contributed by atoms with Gasteiger partial charge in [0, 0.05) is 18.8 Å². The number of nitrogens with zero attached hydrogens (tertiary/aromatic N) is 2. The van der Waals surface area contributed by atoms with Crippen LogP contribution in [0.1, 0.15) is 39.5 Å². The van der Waals surface area contributed by atoms with Crippen LogP contribution in [0.15, 0.2) is 17.3 Å². The molecule has 1 heterocycles. The van der Waals surface area contributed by atoms with Crippen LogP contribution in [0.5, 0.6) is 0 Å². The Kier molecular flexibility index (Phi) is 3.62. The molecule has 0 saturated heterocycles. The number of fused-ring (bicyclic) bond motifs is 2. The molecule has 0 spiro atoms. The molecule has 0 aliphatic heterocycles. The van der Waals surface area contributed by atoms with Crippen LogP contribution in [-0.4, -0.2) is 24.2 Å². The van der Waals surface area contributed by atoms with E-state index in [1.54, 1.807) is 10.9 Å². The first-order chi connectivity index (χ1) is 9.49. The third kappa shape index (κ3) is 2.51. The Balaban J connectivity index is 1.69. The lowest BCUT2D eigenvalue weighted by Gasteiger charge is -2.28. The van der Waals surface area contributed by atoms with Gasteiger partial charge in [-0.3, -0.25) is 4.68 Å². The lowest BCUT2D eigenvalue weighted by atomic mass is 9.84. The second-order valence-electron chi connectivity index (χ2n) is 6.28. The first kappa shape index (κ1) is 14.1. The van der Waals surface area contributed by atoms with E-state index in [-0.39, 0.29) is 10.9 Å². The van der Waals surface area contributed by atoms with Crippen LogP contribution in [0.25, 0.3) is 0 Å². The largest absolute Gasteiger partial charge is 0.272 e. The summed E-state index contributed by atoms with van der Waals surface area (Å²) in [4.78, 5) is 0.273. The van der Waals surface area contributed by atoms with Gasteiger partial charge in [0.1, 0.15) is 4.90 Å². The number of aryl methyl sites for hydroxylation is 1. The fourth-order valence-electron chi connectivity index (χ4n) is 3.96. The third-order valence-corrected chi connectivity index (χ3v) is 6.53. The van der Waals surface area contributed by atoms with E-state index in [2.05, 4.69) is 9.82 Å². The van der Waals surface area contributed by atoms with Gasteiger partial charge in [-0.1, -0.05) is 6.42 Å². The van der Waals surface area contributed by atoms with Crippen LogP contribution in [-0.2, 0) is 16.6 Å². The van der Waals surface area contributed by atoms with Gasteiger partial charge in [0.05, 0.1) is 6.20 Å². The summed E-state index contributed by atoms with van der Waals surface area (Å²) in [6.07, 6.45) is 8.11. The van der Waals surface area contributed by atoms with Gasteiger partial charge in [0.25, 0.3) is 0 Å². The van der Waals surface area contributed by atoms with Crippen LogP contribution in [0, 0.1) is 17.8 Å². The molecule has 2 saturated carbocycles. The van der Waals surface area contributed by atoms with E-state index in [0.29, 0.717) is 12.5 Å². The van der Waals surface area contributed by atoms with E-state index in [1.807, 2.05) is 13.8 Å². The van der Waals surface area contributed by atoms with Crippen molar-refractivity contribution in [3.05, 3.63) is 12.4 Å². The normalized spacial score (nSPS) is 30.8. The number of rotatable bonds is 5. The van der Waals surface area contributed by atoms with Crippen LogP contribution in [0.3, 0.4) is 0 Å². The van der Waals surface area contributed by atoms with Crippen molar-refractivity contribution in [3.63, 3.8) is 0 Å². The Morgan fingerprint density at radius 3 is 2.80 bits per heavy atom. The topological polar surface area (TPSA) is 64.0 Å². The summed E-state index contributed by atoms with van der Waals surface area (Å²) in [5.74, 6) is 2.06. The van der Waals surface area contributed by atoms with Gasteiger partial charge in [-0.2, -0.15) is 5.10 Å². The van der Waals surface area contributed by atoms with Gasteiger partial charge >= 0.3 is 0 Å². The van der Waals surface area contributed by atoms with Gasteiger partial charge in [-0.15, -0.1) is 0 Å². The Labute approximate surface area is 120 Å². The summed E-state index contributed by atoms with van der Waals surface area (Å²) in [7, 11) is -3.44. The maximum atomic E-state index is 12.4. The third-order valence-electron chi connectivity index (χ3n) is 5.02. The zero-order valence-electron chi connectivity index (χ0n) is 12.1. The Bertz CT molecular complexity index is 581. The van der Waals surface area contributed by atoms with Crippen molar-refractivity contribution >= 4 is 10.0 Å². The minimum Gasteiger partial charge on any atom is -0.272 e. The Morgan fingerprint density at radius 2 is 2.25 bits per heavy atom. The number of hydrogen-bond acceptors (Lipinski definition) is 3. The van der Waals surface area contributed by atoms with E-state index in [9.17, 15) is 8.42 Å². The molecule has 0 aromatic carbocycles. The van der Waals surface area contributed by atoms with Gasteiger partial charge in [-0.25, -0.2) is 13.1 Å². The van der Waals surface area contributed by atoms with Gasteiger partial charge in [0.15, 0.2) is 0 Å². The highest BCUT2D eigenvalue weighted by molar-refractivity contribution is 7.89. The molecule has 1 aromatic heterocycles.